The number of H-pyrrole nitrogens is 1. The Morgan fingerprint density at radius 1 is 1.50 bits per heavy atom. The van der Waals surface area contributed by atoms with Gasteiger partial charge in [-0.3, -0.25) is 9.89 Å². The number of carbonyl (C=O) groups is 1. The minimum Gasteiger partial charge on any atom is -0.374 e. The fourth-order valence-corrected chi connectivity index (χ4v) is 2.63. The number of aliphatic hydroxyl groups is 1. The number of thiazole rings is 1. The molecule has 1 amide bonds. The fourth-order valence-electron chi connectivity index (χ4n) is 1.71. The van der Waals surface area contributed by atoms with E-state index in [0.717, 1.165) is 0 Å². The molecule has 1 unspecified atom stereocenters. The maximum atomic E-state index is 13.2. The van der Waals surface area contributed by atoms with Crippen molar-refractivity contribution >= 4 is 17.2 Å². The molecule has 2 aromatic heterocycles. The molecule has 2 aromatic rings. The lowest BCUT2D eigenvalue weighted by molar-refractivity contribution is -0.267. The lowest BCUT2D eigenvalue weighted by Crippen LogP contribution is -2.46. The maximum Gasteiger partial charge on any atom is 0.424 e. The number of nitrogens with one attached hydrogen (secondary N) is 2. The van der Waals surface area contributed by atoms with Gasteiger partial charge in [0.1, 0.15) is 5.01 Å². The van der Waals surface area contributed by atoms with Gasteiger partial charge in [-0.05, 0) is 13.0 Å². The van der Waals surface area contributed by atoms with Crippen molar-refractivity contribution in [2.75, 3.05) is 0 Å². The van der Waals surface area contributed by atoms with Crippen molar-refractivity contribution in [1.82, 2.24) is 20.5 Å². The van der Waals surface area contributed by atoms with Gasteiger partial charge in [-0.1, -0.05) is 0 Å². The van der Waals surface area contributed by atoms with E-state index in [1.165, 1.54) is 18.5 Å². The summed E-state index contributed by atoms with van der Waals surface area (Å²) >= 11 is 0.664. The summed E-state index contributed by atoms with van der Waals surface area (Å²) in [7, 11) is 0. The molecule has 3 N–H and O–H groups in total. The van der Waals surface area contributed by atoms with Crippen LogP contribution in [-0.2, 0) is 16.9 Å². The second kappa shape index (κ2) is 6.05. The van der Waals surface area contributed by atoms with E-state index in [9.17, 15) is 23.1 Å². The third-order valence-corrected chi connectivity index (χ3v) is 4.00. The van der Waals surface area contributed by atoms with Crippen LogP contribution < -0.4 is 5.32 Å². The number of aryl methyl sites for hydroxylation is 1. The van der Waals surface area contributed by atoms with Crippen LogP contribution in [0.1, 0.15) is 22.8 Å². The molecule has 0 radical (unpaired) electrons. The van der Waals surface area contributed by atoms with Crippen molar-refractivity contribution in [3.8, 4) is 0 Å². The number of hydrogen-bond donors (Lipinski definition) is 3. The summed E-state index contributed by atoms with van der Waals surface area (Å²) in [5.74, 6) is -0.942. The largest absolute Gasteiger partial charge is 0.424 e. The molecule has 6 nitrogen and oxygen atoms in total. The van der Waals surface area contributed by atoms with E-state index >= 15 is 0 Å². The Morgan fingerprint density at radius 3 is 2.73 bits per heavy atom. The molecule has 120 valence electrons. The second-order valence-electron chi connectivity index (χ2n) is 4.69. The number of aromatic amines is 1. The van der Waals surface area contributed by atoms with Gasteiger partial charge < -0.3 is 10.4 Å². The highest BCUT2D eigenvalue weighted by Gasteiger charge is 2.58. The highest BCUT2D eigenvalue weighted by atomic mass is 32.1. The Morgan fingerprint density at radius 2 is 2.23 bits per heavy atom. The highest BCUT2D eigenvalue weighted by molar-refractivity contribution is 7.09. The van der Waals surface area contributed by atoms with Crippen LogP contribution in [0.4, 0.5) is 13.2 Å². The molecule has 0 aliphatic carbocycles. The monoisotopic (exact) mass is 334 g/mol. The van der Waals surface area contributed by atoms with Gasteiger partial charge in [0.05, 0.1) is 18.7 Å². The second-order valence-corrected chi connectivity index (χ2v) is 5.55. The Hall–Kier alpha value is -1.94. The van der Waals surface area contributed by atoms with Crippen LogP contribution in [0.3, 0.4) is 0 Å². The van der Waals surface area contributed by atoms with Crippen molar-refractivity contribution in [2.45, 2.75) is 31.7 Å². The summed E-state index contributed by atoms with van der Waals surface area (Å²) in [6.07, 6.45) is -4.72. The van der Waals surface area contributed by atoms with Crippen LogP contribution in [0.5, 0.6) is 0 Å². The average Bonchev–Trinajstić information content (AvgIpc) is 3.06. The van der Waals surface area contributed by atoms with Crippen LogP contribution in [0, 0.1) is 6.92 Å². The summed E-state index contributed by atoms with van der Waals surface area (Å²) < 4.78 is 39.6. The van der Waals surface area contributed by atoms with Crippen molar-refractivity contribution in [3.63, 3.8) is 0 Å². The number of amides is 1. The van der Waals surface area contributed by atoms with E-state index in [-0.39, 0.29) is 6.54 Å². The summed E-state index contributed by atoms with van der Waals surface area (Å²) in [6, 6.07) is 1.57. The molecular formula is C12H13F3N4O2S. The number of aromatic nitrogens is 3. The fraction of sp³-hybridized carbons (Fsp3) is 0.417. The zero-order chi connectivity index (χ0) is 16.4. The van der Waals surface area contributed by atoms with E-state index < -0.39 is 29.1 Å². The first-order valence-electron chi connectivity index (χ1n) is 6.19. The molecule has 2 rings (SSSR count). The average molecular weight is 334 g/mol. The first kappa shape index (κ1) is 16.4. The van der Waals surface area contributed by atoms with Gasteiger partial charge in [0, 0.05) is 17.3 Å². The molecule has 0 aromatic carbocycles. The molecule has 0 saturated carbocycles. The SMILES string of the molecule is Cc1csc(C(O)(CC(=O)NCc2ccn[nH]2)C(F)(F)F)n1. The van der Waals surface area contributed by atoms with Gasteiger partial charge in [0.2, 0.25) is 11.5 Å². The third kappa shape index (κ3) is 3.45. The lowest BCUT2D eigenvalue weighted by atomic mass is 9.99. The van der Waals surface area contributed by atoms with Crippen LogP contribution >= 0.6 is 11.3 Å². The quantitative estimate of drug-likeness (QED) is 0.775. The lowest BCUT2D eigenvalue weighted by Gasteiger charge is -2.27. The van der Waals surface area contributed by atoms with E-state index in [1.54, 1.807) is 6.07 Å². The van der Waals surface area contributed by atoms with Crippen molar-refractivity contribution in [3.05, 3.63) is 34.0 Å². The molecule has 22 heavy (non-hydrogen) atoms. The van der Waals surface area contributed by atoms with Crippen LogP contribution in [0.15, 0.2) is 17.6 Å². The van der Waals surface area contributed by atoms with Gasteiger partial charge in [-0.2, -0.15) is 18.3 Å². The smallest absolute Gasteiger partial charge is 0.374 e. The first-order valence-corrected chi connectivity index (χ1v) is 7.07. The van der Waals surface area contributed by atoms with Crippen LogP contribution in [0.25, 0.3) is 0 Å². The number of carbonyl (C=O) groups excluding carboxylic acids is 1. The van der Waals surface area contributed by atoms with E-state index in [2.05, 4.69) is 20.5 Å². The number of halogens is 3. The van der Waals surface area contributed by atoms with Gasteiger partial charge in [-0.25, -0.2) is 4.98 Å². The number of hydrogen-bond acceptors (Lipinski definition) is 5. The molecule has 0 aliphatic rings. The van der Waals surface area contributed by atoms with E-state index in [4.69, 9.17) is 0 Å². The molecule has 0 spiro atoms. The predicted octanol–water partition coefficient (Wildman–Crippen LogP) is 1.63. The molecule has 1 atom stereocenters. The maximum absolute atomic E-state index is 13.2. The van der Waals surface area contributed by atoms with Crippen molar-refractivity contribution in [2.24, 2.45) is 0 Å². The van der Waals surface area contributed by atoms with Crippen molar-refractivity contribution in [1.29, 1.82) is 0 Å². The van der Waals surface area contributed by atoms with Crippen LogP contribution in [-0.4, -0.2) is 32.4 Å². The van der Waals surface area contributed by atoms with Gasteiger partial charge in [0.15, 0.2) is 0 Å². The van der Waals surface area contributed by atoms with Gasteiger partial charge >= 0.3 is 6.18 Å². The molecular weight excluding hydrogens is 321 g/mol. The minimum absolute atomic E-state index is 0.0103. The Kier molecular flexibility index (Phi) is 4.52. The van der Waals surface area contributed by atoms with Crippen LogP contribution in [0.2, 0.25) is 0 Å². The number of alkyl halides is 3. The Labute approximate surface area is 127 Å². The third-order valence-electron chi connectivity index (χ3n) is 2.89. The Balaban J connectivity index is 2.11. The van der Waals surface area contributed by atoms with E-state index in [1.807, 2.05) is 0 Å². The number of rotatable bonds is 5. The minimum atomic E-state index is -5.01. The number of nitrogens with zero attached hydrogens (tertiary/aromatic N) is 2. The van der Waals surface area contributed by atoms with E-state index in [0.29, 0.717) is 22.7 Å². The molecule has 0 saturated heterocycles. The summed E-state index contributed by atoms with van der Waals surface area (Å²) in [4.78, 5) is 15.4. The Bertz CT molecular complexity index is 641. The summed E-state index contributed by atoms with van der Waals surface area (Å²) in [6.45, 7) is 1.50. The molecule has 10 heteroatoms. The zero-order valence-electron chi connectivity index (χ0n) is 11.4. The van der Waals surface area contributed by atoms with Crippen molar-refractivity contribution < 1.29 is 23.1 Å². The predicted molar refractivity (Wildman–Crippen MR) is 71.9 cm³/mol. The zero-order valence-corrected chi connectivity index (χ0v) is 12.3. The topological polar surface area (TPSA) is 90.9 Å². The molecule has 0 aliphatic heterocycles. The molecule has 0 fully saturated rings. The van der Waals surface area contributed by atoms with Gasteiger partial charge in [-0.15, -0.1) is 11.3 Å². The first-order chi connectivity index (χ1) is 10.2. The normalized spacial score (nSPS) is 14.6. The molecule has 2 heterocycles. The standard InChI is InChI=1S/C12H13F3N4O2S/c1-7-6-22-10(18-7)11(21,12(13,14)15)4-9(20)16-5-8-2-3-17-19-8/h2-3,6,21H,4-5H2,1H3,(H,16,20)(H,17,19). The van der Waals surface area contributed by atoms with Gasteiger partial charge in [0.25, 0.3) is 0 Å². The summed E-state index contributed by atoms with van der Waals surface area (Å²) in [5, 5.41) is 19.3. The molecule has 0 bridgehead atoms. The highest BCUT2D eigenvalue weighted by Crippen LogP contribution is 2.42. The summed E-state index contributed by atoms with van der Waals surface area (Å²) in [5.41, 5.74) is -2.42.